The molecule has 1 aromatic rings. The number of carbonyl (C=O) groups is 1. The molecule has 2 unspecified atom stereocenters. The van der Waals surface area contributed by atoms with Crippen molar-refractivity contribution in [2.45, 2.75) is 25.8 Å². The average molecular weight is 282 g/mol. The molecule has 0 saturated carbocycles. The summed E-state index contributed by atoms with van der Waals surface area (Å²) >= 11 is 0. The quantitative estimate of drug-likeness (QED) is 0.680. The first kappa shape index (κ1) is 14.2. The molecule has 1 fully saturated rings. The fourth-order valence-electron chi connectivity index (χ4n) is 2.72. The highest BCUT2D eigenvalue weighted by atomic mass is 19.1. The van der Waals surface area contributed by atoms with Crippen LogP contribution in [0.3, 0.4) is 0 Å². The highest BCUT2D eigenvalue weighted by molar-refractivity contribution is 5.80. The summed E-state index contributed by atoms with van der Waals surface area (Å²) in [6, 6.07) is 2.24. The second-order valence-corrected chi connectivity index (χ2v) is 4.99. The number of nitro benzene ring substituents is 1. The summed E-state index contributed by atoms with van der Waals surface area (Å²) < 4.78 is 13.4. The van der Waals surface area contributed by atoms with Crippen molar-refractivity contribution in [2.75, 3.05) is 11.4 Å². The maximum absolute atomic E-state index is 13.4. The van der Waals surface area contributed by atoms with Crippen LogP contribution in [-0.2, 0) is 4.79 Å². The van der Waals surface area contributed by atoms with E-state index in [-0.39, 0.29) is 17.3 Å². The Balaban J connectivity index is 2.50. The van der Waals surface area contributed by atoms with Crippen LogP contribution in [0.2, 0.25) is 0 Å². The summed E-state index contributed by atoms with van der Waals surface area (Å²) in [5.41, 5.74) is -0.235. The maximum atomic E-state index is 13.4. The molecule has 0 bridgehead atoms. The monoisotopic (exact) mass is 282 g/mol. The summed E-state index contributed by atoms with van der Waals surface area (Å²) in [4.78, 5) is 23.3. The minimum atomic E-state index is -1.05. The van der Waals surface area contributed by atoms with E-state index in [0.717, 1.165) is 31.0 Å². The van der Waals surface area contributed by atoms with Gasteiger partial charge in [0, 0.05) is 18.7 Å². The molecule has 0 aromatic heterocycles. The zero-order chi connectivity index (χ0) is 14.9. The number of halogens is 1. The van der Waals surface area contributed by atoms with Gasteiger partial charge in [-0.3, -0.25) is 10.1 Å². The molecule has 1 saturated heterocycles. The molecule has 0 amide bonds. The second kappa shape index (κ2) is 5.44. The number of benzene rings is 1. The van der Waals surface area contributed by atoms with Crippen molar-refractivity contribution >= 4 is 17.3 Å². The smallest absolute Gasteiger partial charge is 0.326 e. The van der Waals surface area contributed by atoms with Crippen molar-refractivity contribution in [3.63, 3.8) is 0 Å². The number of piperidine rings is 1. The molecule has 7 heteroatoms. The number of rotatable bonds is 3. The predicted molar refractivity (Wildman–Crippen MR) is 70.2 cm³/mol. The average Bonchev–Trinajstić information content (AvgIpc) is 2.37. The predicted octanol–water partition coefficient (Wildman–Crippen LogP) is 2.42. The lowest BCUT2D eigenvalue weighted by Crippen LogP contribution is -2.49. The number of hydrogen-bond acceptors (Lipinski definition) is 4. The molecule has 2 rings (SSSR count). The summed E-state index contributed by atoms with van der Waals surface area (Å²) in [7, 11) is 0. The maximum Gasteiger partial charge on any atom is 0.326 e. The Kier molecular flexibility index (Phi) is 3.87. The lowest BCUT2D eigenvalue weighted by atomic mass is 9.90. The van der Waals surface area contributed by atoms with Gasteiger partial charge in [0.1, 0.15) is 17.5 Å². The number of nitrogens with zero attached hydrogens (tertiary/aromatic N) is 2. The molecule has 1 N–H and O–H groups in total. The molecule has 6 nitrogen and oxygen atoms in total. The molecule has 0 radical (unpaired) electrons. The number of hydrogen-bond donors (Lipinski definition) is 1. The van der Waals surface area contributed by atoms with E-state index in [1.165, 1.54) is 4.90 Å². The summed E-state index contributed by atoms with van der Waals surface area (Å²) in [5.74, 6) is -1.81. The number of carboxylic acid groups (broad SMARTS) is 1. The first-order valence-electron chi connectivity index (χ1n) is 6.35. The van der Waals surface area contributed by atoms with E-state index in [0.29, 0.717) is 6.54 Å². The van der Waals surface area contributed by atoms with E-state index >= 15 is 0 Å². The van der Waals surface area contributed by atoms with Gasteiger partial charge in [0.2, 0.25) is 0 Å². The van der Waals surface area contributed by atoms with Crippen LogP contribution in [0.5, 0.6) is 0 Å². The van der Waals surface area contributed by atoms with Gasteiger partial charge in [0.15, 0.2) is 0 Å². The molecule has 108 valence electrons. The number of nitro groups is 1. The summed E-state index contributed by atoms with van der Waals surface area (Å²) in [6.45, 7) is 2.15. The van der Waals surface area contributed by atoms with Gasteiger partial charge in [0.25, 0.3) is 5.69 Å². The van der Waals surface area contributed by atoms with Crippen molar-refractivity contribution in [3.05, 3.63) is 34.1 Å². The number of aliphatic carboxylic acids is 1. The van der Waals surface area contributed by atoms with Crippen LogP contribution < -0.4 is 4.90 Å². The van der Waals surface area contributed by atoms with Gasteiger partial charge in [-0.25, -0.2) is 9.18 Å². The third-order valence-corrected chi connectivity index (χ3v) is 3.63. The Morgan fingerprint density at radius 2 is 2.25 bits per heavy atom. The van der Waals surface area contributed by atoms with Crippen LogP contribution in [0.1, 0.15) is 19.8 Å². The second-order valence-electron chi connectivity index (χ2n) is 4.99. The molecule has 1 aliphatic rings. The summed E-state index contributed by atoms with van der Waals surface area (Å²) in [5, 5.41) is 20.4. The van der Waals surface area contributed by atoms with E-state index in [4.69, 9.17) is 0 Å². The van der Waals surface area contributed by atoms with Crippen LogP contribution in [0.15, 0.2) is 18.2 Å². The van der Waals surface area contributed by atoms with Crippen molar-refractivity contribution in [1.29, 1.82) is 0 Å². The SMILES string of the molecule is CC1CCCN(c2cc(F)ccc2[N+](=O)[O-])C1C(=O)O. The third kappa shape index (κ3) is 2.56. The first-order chi connectivity index (χ1) is 9.41. The molecule has 0 aliphatic carbocycles. The molecular formula is C13H15FN2O4. The van der Waals surface area contributed by atoms with Gasteiger partial charge in [0.05, 0.1) is 4.92 Å². The molecule has 1 aromatic carbocycles. The van der Waals surface area contributed by atoms with Crippen molar-refractivity contribution in [2.24, 2.45) is 5.92 Å². The van der Waals surface area contributed by atoms with Gasteiger partial charge in [-0.05, 0) is 24.8 Å². The van der Waals surface area contributed by atoms with Crippen LogP contribution >= 0.6 is 0 Å². The van der Waals surface area contributed by atoms with Crippen molar-refractivity contribution < 1.29 is 19.2 Å². The van der Waals surface area contributed by atoms with Gasteiger partial charge in [-0.1, -0.05) is 6.92 Å². The highest BCUT2D eigenvalue weighted by Crippen LogP contribution is 2.35. The van der Waals surface area contributed by atoms with Gasteiger partial charge >= 0.3 is 5.97 Å². The van der Waals surface area contributed by atoms with Gasteiger partial charge < -0.3 is 10.0 Å². The van der Waals surface area contributed by atoms with Crippen molar-refractivity contribution in [1.82, 2.24) is 0 Å². The Bertz CT molecular complexity index is 549. The highest BCUT2D eigenvalue weighted by Gasteiger charge is 2.37. The van der Waals surface area contributed by atoms with Crippen LogP contribution in [0.4, 0.5) is 15.8 Å². The van der Waals surface area contributed by atoms with E-state index in [9.17, 15) is 24.4 Å². The van der Waals surface area contributed by atoms with Crippen LogP contribution in [-0.4, -0.2) is 28.6 Å². The van der Waals surface area contributed by atoms with Gasteiger partial charge in [-0.2, -0.15) is 0 Å². The standard InChI is InChI=1S/C13H15FN2O4/c1-8-3-2-6-15(12(8)13(17)18)11-7-9(14)4-5-10(11)16(19)20/h4-5,7-8,12H,2-3,6H2,1H3,(H,17,18). The Morgan fingerprint density at radius 1 is 1.55 bits per heavy atom. The molecule has 2 atom stereocenters. The molecule has 20 heavy (non-hydrogen) atoms. The van der Waals surface area contributed by atoms with E-state index < -0.39 is 22.8 Å². The van der Waals surface area contributed by atoms with Crippen molar-refractivity contribution in [3.8, 4) is 0 Å². The Morgan fingerprint density at radius 3 is 2.85 bits per heavy atom. The lowest BCUT2D eigenvalue weighted by molar-refractivity contribution is -0.384. The third-order valence-electron chi connectivity index (χ3n) is 3.63. The number of carboxylic acids is 1. The Hall–Kier alpha value is -2.18. The van der Waals surface area contributed by atoms with E-state index in [2.05, 4.69) is 0 Å². The fourth-order valence-corrected chi connectivity index (χ4v) is 2.72. The zero-order valence-electron chi connectivity index (χ0n) is 11.0. The normalized spacial score (nSPS) is 22.6. The largest absolute Gasteiger partial charge is 0.480 e. The number of anilines is 1. The van der Waals surface area contributed by atoms with Crippen LogP contribution in [0, 0.1) is 21.8 Å². The zero-order valence-corrected chi connectivity index (χ0v) is 11.0. The molecule has 1 aliphatic heterocycles. The molecule has 1 heterocycles. The summed E-state index contributed by atoms with van der Waals surface area (Å²) in [6.07, 6.45) is 1.45. The lowest BCUT2D eigenvalue weighted by Gasteiger charge is -2.38. The molecule has 0 spiro atoms. The minimum Gasteiger partial charge on any atom is -0.480 e. The Labute approximate surface area is 115 Å². The van der Waals surface area contributed by atoms with Crippen LogP contribution in [0.25, 0.3) is 0 Å². The first-order valence-corrected chi connectivity index (χ1v) is 6.35. The fraction of sp³-hybridized carbons (Fsp3) is 0.462. The molecular weight excluding hydrogens is 267 g/mol. The van der Waals surface area contributed by atoms with E-state index in [1.807, 2.05) is 0 Å². The minimum absolute atomic E-state index is 0.0361. The van der Waals surface area contributed by atoms with E-state index in [1.54, 1.807) is 6.92 Å². The van der Waals surface area contributed by atoms with Gasteiger partial charge in [-0.15, -0.1) is 0 Å². The topological polar surface area (TPSA) is 83.7 Å².